The molecular weight excluding hydrogens is 383 g/mol. The molecule has 2 saturated heterocycles. The van der Waals surface area contributed by atoms with Gasteiger partial charge in [0.25, 0.3) is 0 Å². The third kappa shape index (κ3) is 3.99. The van der Waals surface area contributed by atoms with Crippen LogP contribution in [0.1, 0.15) is 64.6 Å². The first kappa shape index (κ1) is 20.9. The molecule has 0 aliphatic carbocycles. The Morgan fingerprint density at radius 2 is 1.74 bits per heavy atom. The van der Waals surface area contributed by atoms with E-state index in [1.807, 2.05) is 6.20 Å². The monoisotopic (exact) mass is 416 g/mol. The molecule has 2 aromatic rings. The van der Waals surface area contributed by atoms with Crippen LogP contribution in [0.3, 0.4) is 0 Å². The number of piperidine rings is 1. The minimum absolute atomic E-state index is 0.331. The van der Waals surface area contributed by atoms with Crippen LogP contribution in [0.15, 0.2) is 54.7 Å². The van der Waals surface area contributed by atoms with Gasteiger partial charge in [-0.15, -0.1) is 0 Å². The lowest BCUT2D eigenvalue weighted by Crippen LogP contribution is -2.47. The number of hydrogen-bond donors (Lipinski definition) is 0. The number of aromatic nitrogens is 1. The van der Waals surface area contributed by atoms with E-state index in [9.17, 15) is 0 Å². The Kier molecular flexibility index (Phi) is 5.32. The van der Waals surface area contributed by atoms with Gasteiger partial charge in [-0.25, -0.2) is 0 Å². The molecule has 31 heavy (non-hydrogen) atoms. The SMILES string of the molecule is CC1(C)OB(c2ccc(C3=CC4CCCC(C3)N4Cc3ccccc3)nc2)OC1(C)C. The van der Waals surface area contributed by atoms with Gasteiger partial charge in [-0.05, 0) is 64.2 Å². The molecule has 2 fully saturated rings. The number of rotatable bonds is 4. The van der Waals surface area contributed by atoms with E-state index < -0.39 is 0 Å². The van der Waals surface area contributed by atoms with Gasteiger partial charge < -0.3 is 9.31 Å². The van der Waals surface area contributed by atoms with Gasteiger partial charge in [0, 0.05) is 30.3 Å². The first-order valence-corrected chi connectivity index (χ1v) is 11.6. The van der Waals surface area contributed by atoms with E-state index >= 15 is 0 Å². The highest BCUT2D eigenvalue weighted by Crippen LogP contribution is 2.38. The standard InChI is InChI=1S/C26H33BN2O2/c1-25(2)26(3,4)31-27(30-25)21-13-14-24(28-17-21)20-15-22-11-8-12-23(16-20)29(22)18-19-9-6-5-7-10-19/h5-7,9-10,13-15,17,22-23H,8,11-12,16,18H2,1-4H3. The molecule has 3 aliphatic heterocycles. The van der Waals surface area contributed by atoms with E-state index in [0.29, 0.717) is 12.1 Å². The summed E-state index contributed by atoms with van der Waals surface area (Å²) in [4.78, 5) is 7.53. The number of benzene rings is 1. The molecule has 0 radical (unpaired) electrons. The van der Waals surface area contributed by atoms with Crippen molar-refractivity contribution in [3.05, 3.63) is 66.0 Å². The number of pyridine rings is 1. The van der Waals surface area contributed by atoms with E-state index in [4.69, 9.17) is 14.3 Å². The molecule has 2 bridgehead atoms. The van der Waals surface area contributed by atoms with Crippen LogP contribution in [0.25, 0.3) is 5.57 Å². The van der Waals surface area contributed by atoms with Crippen LogP contribution in [0, 0.1) is 0 Å². The first-order chi connectivity index (χ1) is 14.8. The topological polar surface area (TPSA) is 34.6 Å². The lowest BCUT2D eigenvalue weighted by Gasteiger charge is -2.45. The Morgan fingerprint density at radius 1 is 1.00 bits per heavy atom. The van der Waals surface area contributed by atoms with Crippen molar-refractivity contribution in [2.45, 2.75) is 83.2 Å². The van der Waals surface area contributed by atoms with E-state index in [2.05, 4.69) is 81.1 Å². The lowest BCUT2D eigenvalue weighted by molar-refractivity contribution is 0.00578. The van der Waals surface area contributed by atoms with Gasteiger partial charge in [0.05, 0.1) is 16.9 Å². The highest BCUT2D eigenvalue weighted by atomic mass is 16.7. The Morgan fingerprint density at radius 3 is 2.39 bits per heavy atom. The number of fused-ring (bicyclic) bond motifs is 2. The number of nitrogens with zero attached hydrogens (tertiary/aromatic N) is 2. The van der Waals surface area contributed by atoms with E-state index in [1.165, 1.54) is 30.4 Å². The fourth-order valence-electron chi connectivity index (χ4n) is 5.06. The summed E-state index contributed by atoms with van der Waals surface area (Å²) in [6.07, 6.45) is 9.30. The van der Waals surface area contributed by atoms with Gasteiger partial charge in [0.15, 0.2) is 0 Å². The molecule has 162 valence electrons. The second-order valence-corrected chi connectivity index (χ2v) is 10.3. The van der Waals surface area contributed by atoms with Crippen molar-refractivity contribution < 1.29 is 9.31 Å². The zero-order valence-corrected chi connectivity index (χ0v) is 19.2. The van der Waals surface area contributed by atoms with Crippen molar-refractivity contribution in [2.75, 3.05) is 0 Å². The summed E-state index contributed by atoms with van der Waals surface area (Å²) in [7, 11) is -0.354. The molecule has 0 N–H and O–H groups in total. The van der Waals surface area contributed by atoms with Crippen LogP contribution in [0.5, 0.6) is 0 Å². The fourth-order valence-corrected chi connectivity index (χ4v) is 5.06. The predicted molar refractivity (Wildman–Crippen MR) is 126 cm³/mol. The second-order valence-electron chi connectivity index (χ2n) is 10.3. The quantitative estimate of drug-likeness (QED) is 0.683. The zero-order chi connectivity index (χ0) is 21.6. The number of hydrogen-bond acceptors (Lipinski definition) is 4. The van der Waals surface area contributed by atoms with Gasteiger partial charge in [-0.3, -0.25) is 9.88 Å². The van der Waals surface area contributed by atoms with Crippen LogP contribution in [0.2, 0.25) is 0 Å². The third-order valence-electron chi connectivity index (χ3n) is 7.63. The first-order valence-electron chi connectivity index (χ1n) is 11.6. The molecule has 0 saturated carbocycles. The highest BCUT2D eigenvalue weighted by Gasteiger charge is 2.51. The molecule has 0 spiro atoms. The largest absolute Gasteiger partial charge is 0.496 e. The molecule has 0 amide bonds. The van der Waals surface area contributed by atoms with E-state index in [-0.39, 0.29) is 18.3 Å². The predicted octanol–water partition coefficient (Wildman–Crippen LogP) is 4.59. The maximum atomic E-state index is 6.18. The van der Waals surface area contributed by atoms with Crippen molar-refractivity contribution in [1.82, 2.24) is 9.88 Å². The molecule has 4 heterocycles. The van der Waals surface area contributed by atoms with Gasteiger partial charge in [0.2, 0.25) is 0 Å². The minimum Gasteiger partial charge on any atom is -0.399 e. The summed E-state index contributed by atoms with van der Waals surface area (Å²) < 4.78 is 12.4. The summed E-state index contributed by atoms with van der Waals surface area (Å²) in [5, 5.41) is 0. The molecule has 1 aromatic carbocycles. The third-order valence-corrected chi connectivity index (χ3v) is 7.63. The Hall–Kier alpha value is -1.95. The maximum Gasteiger partial charge on any atom is 0.496 e. The molecule has 3 aliphatic rings. The summed E-state index contributed by atoms with van der Waals surface area (Å²) in [6.45, 7) is 9.38. The van der Waals surface area contributed by atoms with Crippen molar-refractivity contribution in [2.24, 2.45) is 0 Å². The van der Waals surface area contributed by atoms with Crippen LogP contribution >= 0.6 is 0 Å². The van der Waals surface area contributed by atoms with Crippen LogP contribution in [0.4, 0.5) is 0 Å². The van der Waals surface area contributed by atoms with Gasteiger partial charge >= 0.3 is 7.12 Å². The maximum absolute atomic E-state index is 6.18. The van der Waals surface area contributed by atoms with Crippen molar-refractivity contribution in [3.63, 3.8) is 0 Å². The Bertz CT molecular complexity index is 939. The molecule has 1 aromatic heterocycles. The molecule has 5 heteroatoms. The molecule has 4 nitrogen and oxygen atoms in total. The van der Waals surface area contributed by atoms with E-state index in [0.717, 1.165) is 24.1 Å². The van der Waals surface area contributed by atoms with Crippen LogP contribution < -0.4 is 5.46 Å². The molecule has 2 atom stereocenters. The molecule has 2 unspecified atom stereocenters. The molecular formula is C26H33BN2O2. The second kappa shape index (κ2) is 7.88. The fraction of sp³-hybridized carbons (Fsp3) is 0.500. The summed E-state index contributed by atoms with van der Waals surface area (Å²) >= 11 is 0. The van der Waals surface area contributed by atoms with Crippen molar-refractivity contribution >= 4 is 18.2 Å². The Labute approximate surface area is 186 Å². The van der Waals surface area contributed by atoms with Crippen LogP contribution in [-0.4, -0.2) is 40.3 Å². The smallest absolute Gasteiger partial charge is 0.399 e. The summed E-state index contributed by atoms with van der Waals surface area (Å²) in [5.41, 5.74) is 4.21. The molecule has 5 rings (SSSR count). The lowest BCUT2D eigenvalue weighted by atomic mass is 9.79. The summed E-state index contributed by atoms with van der Waals surface area (Å²) in [5.74, 6) is 0. The minimum atomic E-state index is -0.354. The Balaban J connectivity index is 1.33. The normalized spacial score (nSPS) is 27.2. The average molecular weight is 416 g/mol. The van der Waals surface area contributed by atoms with Gasteiger partial charge in [-0.2, -0.15) is 0 Å². The zero-order valence-electron chi connectivity index (χ0n) is 19.2. The highest BCUT2D eigenvalue weighted by molar-refractivity contribution is 6.62. The van der Waals surface area contributed by atoms with Gasteiger partial charge in [-0.1, -0.05) is 48.9 Å². The van der Waals surface area contributed by atoms with Crippen molar-refractivity contribution in [1.29, 1.82) is 0 Å². The average Bonchev–Trinajstić information content (AvgIpc) is 2.96. The van der Waals surface area contributed by atoms with E-state index in [1.54, 1.807) is 0 Å². The van der Waals surface area contributed by atoms with Gasteiger partial charge in [0.1, 0.15) is 0 Å². The van der Waals surface area contributed by atoms with Crippen LogP contribution in [-0.2, 0) is 15.9 Å². The van der Waals surface area contributed by atoms with Crippen molar-refractivity contribution in [3.8, 4) is 0 Å². The summed E-state index contributed by atoms with van der Waals surface area (Å²) in [6, 6.07) is 16.2.